The number of rotatable bonds is 8. The van der Waals surface area contributed by atoms with E-state index in [-0.39, 0.29) is 30.7 Å². The number of carbonyl (C=O) groups excluding carboxylic acids is 1. The van der Waals surface area contributed by atoms with Crippen molar-refractivity contribution in [1.29, 1.82) is 0 Å². The van der Waals surface area contributed by atoms with E-state index in [4.69, 9.17) is 4.74 Å². The first-order chi connectivity index (χ1) is 11.4. The molecule has 1 aromatic rings. The first kappa shape index (κ1) is 19.3. The maximum absolute atomic E-state index is 12.5. The molecule has 0 radical (unpaired) electrons. The fraction of sp³-hybridized carbons (Fsp3) is 0.765. The van der Waals surface area contributed by atoms with E-state index in [2.05, 4.69) is 4.98 Å². The molecule has 1 aromatic heterocycles. The molecule has 2 rings (SSSR count). The van der Waals surface area contributed by atoms with Gasteiger partial charge < -0.3 is 19.3 Å². The number of aliphatic hydroxyl groups is 1. The summed E-state index contributed by atoms with van der Waals surface area (Å²) in [5, 5.41) is 10.3. The maximum atomic E-state index is 12.5. The molecule has 1 fully saturated rings. The van der Waals surface area contributed by atoms with E-state index in [9.17, 15) is 9.90 Å². The largest absolute Gasteiger partial charge is 0.390 e. The van der Waals surface area contributed by atoms with Gasteiger partial charge in [-0.2, -0.15) is 0 Å². The lowest BCUT2D eigenvalue weighted by molar-refractivity contribution is -0.131. The van der Waals surface area contributed by atoms with Gasteiger partial charge in [0.15, 0.2) is 5.16 Å². The Balaban J connectivity index is 2.03. The van der Waals surface area contributed by atoms with Crippen molar-refractivity contribution in [3.05, 3.63) is 11.9 Å². The minimum Gasteiger partial charge on any atom is -0.390 e. The topological polar surface area (TPSA) is 67.6 Å². The van der Waals surface area contributed by atoms with Gasteiger partial charge in [0.05, 0.1) is 36.9 Å². The molecule has 0 aliphatic carbocycles. The van der Waals surface area contributed by atoms with Crippen molar-refractivity contribution in [3.63, 3.8) is 0 Å². The lowest BCUT2D eigenvalue weighted by Crippen LogP contribution is -2.43. The fourth-order valence-electron chi connectivity index (χ4n) is 3.19. The van der Waals surface area contributed by atoms with E-state index in [1.54, 1.807) is 6.20 Å². The summed E-state index contributed by atoms with van der Waals surface area (Å²) in [6, 6.07) is 0.357. The van der Waals surface area contributed by atoms with E-state index in [0.29, 0.717) is 12.3 Å². The van der Waals surface area contributed by atoms with Crippen LogP contribution in [0.25, 0.3) is 0 Å². The average Bonchev–Trinajstić information content (AvgIpc) is 3.14. The van der Waals surface area contributed by atoms with Crippen LogP contribution in [0.1, 0.15) is 46.2 Å². The first-order valence-corrected chi connectivity index (χ1v) is 9.63. The van der Waals surface area contributed by atoms with Crippen molar-refractivity contribution in [2.45, 2.75) is 77.0 Å². The second-order valence-electron chi connectivity index (χ2n) is 6.71. The van der Waals surface area contributed by atoms with Crippen LogP contribution in [0.5, 0.6) is 0 Å². The lowest BCUT2D eigenvalue weighted by atomic mass is 10.2. The quantitative estimate of drug-likeness (QED) is 0.725. The van der Waals surface area contributed by atoms with Gasteiger partial charge in [-0.05, 0) is 40.5 Å². The highest BCUT2D eigenvalue weighted by atomic mass is 32.2. The predicted octanol–water partition coefficient (Wildman–Crippen LogP) is 2.29. The number of aromatic nitrogens is 2. The van der Waals surface area contributed by atoms with Crippen LogP contribution in [0, 0.1) is 0 Å². The van der Waals surface area contributed by atoms with Crippen LogP contribution in [-0.2, 0) is 22.7 Å². The predicted molar refractivity (Wildman–Crippen MR) is 95.0 cm³/mol. The Kier molecular flexibility index (Phi) is 7.13. The van der Waals surface area contributed by atoms with Crippen LogP contribution in [0.4, 0.5) is 0 Å². The third kappa shape index (κ3) is 4.74. The summed E-state index contributed by atoms with van der Waals surface area (Å²) in [6.45, 7) is 9.56. The number of aliphatic hydroxyl groups excluding tert-OH is 1. The summed E-state index contributed by atoms with van der Waals surface area (Å²) in [6.07, 6.45) is 3.96. The summed E-state index contributed by atoms with van der Waals surface area (Å²) < 4.78 is 7.68. The highest BCUT2D eigenvalue weighted by molar-refractivity contribution is 7.99. The minimum absolute atomic E-state index is 0.0572. The minimum atomic E-state index is -0.0572. The molecule has 1 N–H and O–H groups in total. The number of thioether (sulfide) groups is 1. The van der Waals surface area contributed by atoms with Crippen molar-refractivity contribution in [1.82, 2.24) is 14.5 Å². The van der Waals surface area contributed by atoms with Crippen LogP contribution < -0.4 is 0 Å². The molecule has 1 amide bonds. The molecule has 24 heavy (non-hydrogen) atoms. The summed E-state index contributed by atoms with van der Waals surface area (Å²) in [5.74, 6) is 0.464. The SMILES string of the molecule is CC(C)N(C(=O)CSc1ncc(CO)n1C[C@H]1CCCO1)C(C)C. The number of carbonyl (C=O) groups is 1. The van der Waals surface area contributed by atoms with Gasteiger partial charge in [0, 0.05) is 18.7 Å². The standard InChI is InChI=1S/C17H29N3O3S/c1-12(2)20(13(3)4)16(22)11-24-17-18-8-14(10-21)19(17)9-15-6-5-7-23-15/h8,12-13,15,21H,5-7,9-11H2,1-4H3/t15-/m1/s1. The molecular weight excluding hydrogens is 326 g/mol. The summed E-state index contributed by atoms with van der Waals surface area (Å²) >= 11 is 1.43. The van der Waals surface area contributed by atoms with E-state index in [0.717, 1.165) is 30.3 Å². The molecule has 1 atom stereocenters. The van der Waals surface area contributed by atoms with Gasteiger partial charge in [-0.3, -0.25) is 4.79 Å². The van der Waals surface area contributed by atoms with E-state index >= 15 is 0 Å². The van der Waals surface area contributed by atoms with E-state index < -0.39 is 0 Å². The monoisotopic (exact) mass is 355 g/mol. The van der Waals surface area contributed by atoms with Crippen molar-refractivity contribution in [2.24, 2.45) is 0 Å². The van der Waals surface area contributed by atoms with Crippen molar-refractivity contribution in [3.8, 4) is 0 Å². The summed E-state index contributed by atoms with van der Waals surface area (Å²) in [5.41, 5.74) is 0.769. The van der Waals surface area contributed by atoms with Crippen molar-refractivity contribution in [2.75, 3.05) is 12.4 Å². The van der Waals surface area contributed by atoms with Crippen LogP contribution in [0.15, 0.2) is 11.4 Å². The highest BCUT2D eigenvalue weighted by Gasteiger charge is 2.23. The zero-order valence-electron chi connectivity index (χ0n) is 15.1. The Morgan fingerprint density at radius 1 is 1.46 bits per heavy atom. The Morgan fingerprint density at radius 3 is 2.71 bits per heavy atom. The van der Waals surface area contributed by atoms with Gasteiger partial charge in [-0.15, -0.1) is 0 Å². The third-order valence-corrected chi connectivity index (χ3v) is 5.17. The number of hydrogen-bond donors (Lipinski definition) is 1. The molecule has 0 saturated carbocycles. The lowest BCUT2D eigenvalue weighted by Gasteiger charge is -2.30. The van der Waals surface area contributed by atoms with Gasteiger partial charge in [0.25, 0.3) is 0 Å². The number of imidazole rings is 1. The van der Waals surface area contributed by atoms with E-state index in [1.165, 1.54) is 11.8 Å². The smallest absolute Gasteiger partial charge is 0.233 e. The molecule has 6 nitrogen and oxygen atoms in total. The number of ether oxygens (including phenoxy) is 1. The van der Waals surface area contributed by atoms with Crippen LogP contribution >= 0.6 is 11.8 Å². The average molecular weight is 356 g/mol. The zero-order valence-corrected chi connectivity index (χ0v) is 15.9. The molecule has 0 spiro atoms. The first-order valence-electron chi connectivity index (χ1n) is 8.64. The molecule has 1 aliphatic rings. The van der Waals surface area contributed by atoms with Crippen LogP contribution in [0.3, 0.4) is 0 Å². The van der Waals surface area contributed by atoms with Gasteiger partial charge in [0.1, 0.15) is 0 Å². The third-order valence-electron chi connectivity index (χ3n) is 4.20. The van der Waals surface area contributed by atoms with Gasteiger partial charge in [-0.25, -0.2) is 4.98 Å². The fourth-order valence-corrected chi connectivity index (χ4v) is 4.07. The second-order valence-corrected chi connectivity index (χ2v) is 7.66. The normalized spacial score (nSPS) is 17.9. The molecule has 1 aliphatic heterocycles. The van der Waals surface area contributed by atoms with Crippen molar-refractivity contribution >= 4 is 17.7 Å². The molecule has 136 valence electrons. The van der Waals surface area contributed by atoms with Crippen LogP contribution in [0.2, 0.25) is 0 Å². The second kappa shape index (κ2) is 8.87. The molecule has 1 saturated heterocycles. The van der Waals surface area contributed by atoms with Crippen LogP contribution in [-0.4, -0.2) is 56.0 Å². The van der Waals surface area contributed by atoms with Gasteiger partial charge in [0.2, 0.25) is 5.91 Å². The Morgan fingerprint density at radius 2 is 2.17 bits per heavy atom. The molecule has 0 aromatic carbocycles. The Labute approximate surface area is 148 Å². The molecule has 0 bridgehead atoms. The highest BCUT2D eigenvalue weighted by Crippen LogP contribution is 2.23. The molecular formula is C17H29N3O3S. The summed E-state index contributed by atoms with van der Waals surface area (Å²) in [4.78, 5) is 18.8. The zero-order chi connectivity index (χ0) is 17.7. The number of nitrogens with zero attached hydrogens (tertiary/aromatic N) is 3. The van der Waals surface area contributed by atoms with Gasteiger partial charge >= 0.3 is 0 Å². The Bertz CT molecular complexity index is 531. The van der Waals surface area contributed by atoms with E-state index in [1.807, 2.05) is 37.2 Å². The number of hydrogen-bond acceptors (Lipinski definition) is 5. The Hall–Kier alpha value is -1.05. The number of amides is 1. The maximum Gasteiger partial charge on any atom is 0.233 e. The van der Waals surface area contributed by atoms with Crippen molar-refractivity contribution < 1.29 is 14.6 Å². The molecule has 7 heteroatoms. The molecule has 0 unspecified atom stereocenters. The molecule has 2 heterocycles. The van der Waals surface area contributed by atoms with Gasteiger partial charge in [-0.1, -0.05) is 11.8 Å². The summed E-state index contributed by atoms with van der Waals surface area (Å²) in [7, 11) is 0.